The zero-order chi connectivity index (χ0) is 19.8. The van der Waals surface area contributed by atoms with E-state index in [1.165, 1.54) is 24.0 Å². The Hall–Kier alpha value is -2.19. The van der Waals surface area contributed by atoms with Gasteiger partial charge in [-0.25, -0.2) is 4.39 Å². The first-order valence-corrected chi connectivity index (χ1v) is 9.06. The fourth-order valence-corrected chi connectivity index (χ4v) is 3.63. The van der Waals surface area contributed by atoms with Crippen LogP contribution in [0.4, 0.5) is 4.39 Å². The maximum Gasteiger partial charge on any atom is 0.265 e. The van der Waals surface area contributed by atoms with Gasteiger partial charge in [0, 0.05) is 38.0 Å². The van der Waals surface area contributed by atoms with E-state index in [0.717, 1.165) is 6.07 Å². The van der Waals surface area contributed by atoms with Gasteiger partial charge in [-0.05, 0) is 36.6 Å². The molecule has 3 N–H and O–H groups in total. The molecule has 2 aliphatic rings. The molecule has 0 radical (unpaired) electrons. The van der Waals surface area contributed by atoms with Crippen molar-refractivity contribution in [2.24, 2.45) is 0 Å². The lowest BCUT2D eigenvalue weighted by Crippen LogP contribution is -2.55. The van der Waals surface area contributed by atoms with Gasteiger partial charge < -0.3 is 20.6 Å². The number of benzene rings is 1. The number of carbonyl (C=O) groups is 3. The highest BCUT2D eigenvalue weighted by atomic mass is 35.5. The molecule has 0 aromatic heterocycles. The van der Waals surface area contributed by atoms with Crippen molar-refractivity contribution in [2.75, 3.05) is 13.1 Å². The molecule has 3 amide bonds. The number of likely N-dealkylation sites (tertiary alicyclic amines) is 1. The van der Waals surface area contributed by atoms with Gasteiger partial charge in [-0.15, -0.1) is 0 Å². The van der Waals surface area contributed by atoms with Crippen LogP contribution < -0.4 is 10.6 Å². The Morgan fingerprint density at radius 3 is 2.56 bits per heavy atom. The van der Waals surface area contributed by atoms with E-state index >= 15 is 0 Å². The lowest BCUT2D eigenvalue weighted by Gasteiger charge is -2.29. The van der Waals surface area contributed by atoms with Gasteiger partial charge in [0.1, 0.15) is 5.82 Å². The second kappa shape index (κ2) is 7.09. The van der Waals surface area contributed by atoms with Crippen molar-refractivity contribution in [1.82, 2.24) is 15.5 Å². The zero-order valence-corrected chi connectivity index (χ0v) is 15.6. The van der Waals surface area contributed by atoms with Crippen LogP contribution in [0.25, 0.3) is 0 Å². The van der Waals surface area contributed by atoms with E-state index in [0.29, 0.717) is 24.9 Å². The molecule has 1 aromatic carbocycles. The molecule has 1 aliphatic heterocycles. The van der Waals surface area contributed by atoms with Gasteiger partial charge in [-0.2, -0.15) is 0 Å². The lowest BCUT2D eigenvalue weighted by molar-refractivity contribution is -0.156. The minimum Gasteiger partial charge on any atom is -0.372 e. The van der Waals surface area contributed by atoms with Crippen molar-refractivity contribution in [3.05, 3.63) is 34.6 Å². The zero-order valence-electron chi connectivity index (χ0n) is 14.8. The molecule has 7 nitrogen and oxygen atoms in total. The quantitative estimate of drug-likeness (QED) is 0.616. The molecule has 1 unspecified atom stereocenters. The van der Waals surface area contributed by atoms with Crippen molar-refractivity contribution in [1.29, 1.82) is 0 Å². The van der Waals surface area contributed by atoms with Crippen LogP contribution in [0, 0.1) is 5.82 Å². The first-order chi connectivity index (χ1) is 12.7. The number of hydrogen-bond donors (Lipinski definition) is 3. The smallest absolute Gasteiger partial charge is 0.265 e. The summed E-state index contributed by atoms with van der Waals surface area (Å²) in [6.07, 6.45) is 1.38. The molecule has 1 aromatic rings. The Kier molecular flexibility index (Phi) is 5.14. The molecule has 1 saturated carbocycles. The van der Waals surface area contributed by atoms with Crippen molar-refractivity contribution in [3.63, 3.8) is 0 Å². The fourth-order valence-electron chi connectivity index (χ4n) is 3.39. The van der Waals surface area contributed by atoms with Crippen LogP contribution in [0.2, 0.25) is 5.02 Å². The molecular formula is C18H21ClFN3O4. The van der Waals surface area contributed by atoms with E-state index in [2.05, 4.69) is 10.6 Å². The maximum absolute atomic E-state index is 13.4. The predicted molar refractivity (Wildman–Crippen MR) is 95.2 cm³/mol. The summed E-state index contributed by atoms with van der Waals surface area (Å²) in [6.45, 7) is 1.86. The monoisotopic (exact) mass is 397 g/mol. The molecule has 27 heavy (non-hydrogen) atoms. The minimum atomic E-state index is -2.16. The molecule has 9 heteroatoms. The molecule has 2 fully saturated rings. The molecule has 146 valence electrons. The van der Waals surface area contributed by atoms with E-state index in [1.807, 2.05) is 0 Å². The molecule has 0 bridgehead atoms. The maximum atomic E-state index is 13.4. The van der Waals surface area contributed by atoms with Crippen LogP contribution in [0.1, 0.15) is 31.7 Å². The molecule has 0 spiro atoms. The number of aliphatic hydroxyl groups is 1. The van der Waals surface area contributed by atoms with Crippen LogP contribution in [0.3, 0.4) is 0 Å². The molecule has 1 saturated heterocycles. The number of halogens is 2. The Morgan fingerprint density at radius 2 is 1.96 bits per heavy atom. The number of hydrogen-bond acceptors (Lipinski definition) is 4. The summed E-state index contributed by atoms with van der Waals surface area (Å²) in [6, 6.07) is 3.85. The third-order valence-electron chi connectivity index (χ3n) is 5.11. The fraction of sp³-hybridized carbons (Fsp3) is 0.500. The summed E-state index contributed by atoms with van der Waals surface area (Å²) in [5.41, 5.74) is -2.27. The molecule has 1 aliphatic carbocycles. The SMILES string of the molecule is CC(=O)NCC1(N2CCC(O)(C(=O)NCc3cc(F)cc(Cl)c3)C2=O)CC1. The highest BCUT2D eigenvalue weighted by Crippen LogP contribution is 2.45. The first-order valence-electron chi connectivity index (χ1n) is 8.68. The van der Waals surface area contributed by atoms with Crippen LogP contribution in [0.5, 0.6) is 0 Å². The topological polar surface area (TPSA) is 98.7 Å². The van der Waals surface area contributed by atoms with Crippen LogP contribution in [-0.4, -0.2) is 52.0 Å². The molecule has 3 rings (SSSR count). The van der Waals surface area contributed by atoms with Gasteiger partial charge in [0.25, 0.3) is 11.8 Å². The average Bonchev–Trinajstić information content (AvgIpc) is 3.31. The Balaban J connectivity index is 1.65. The summed E-state index contributed by atoms with van der Waals surface area (Å²) in [7, 11) is 0. The average molecular weight is 398 g/mol. The Labute approximate surface area is 160 Å². The van der Waals surface area contributed by atoms with Crippen molar-refractivity contribution in [3.8, 4) is 0 Å². The normalized spacial score (nSPS) is 23.3. The lowest BCUT2D eigenvalue weighted by atomic mass is 10.0. The first kappa shape index (κ1) is 19.6. The van der Waals surface area contributed by atoms with Crippen molar-refractivity contribution < 1.29 is 23.9 Å². The second-order valence-electron chi connectivity index (χ2n) is 7.16. The van der Waals surface area contributed by atoms with Gasteiger partial charge in [-0.1, -0.05) is 11.6 Å². The summed E-state index contributed by atoms with van der Waals surface area (Å²) in [4.78, 5) is 37.9. The Bertz CT molecular complexity index is 779. The number of nitrogens with one attached hydrogen (secondary N) is 2. The Morgan fingerprint density at radius 1 is 1.26 bits per heavy atom. The molecule has 1 atom stereocenters. The van der Waals surface area contributed by atoms with Crippen LogP contribution in [0.15, 0.2) is 18.2 Å². The molecule has 1 heterocycles. The molecular weight excluding hydrogens is 377 g/mol. The highest BCUT2D eigenvalue weighted by molar-refractivity contribution is 6.30. The summed E-state index contributed by atoms with van der Waals surface area (Å²) in [5.74, 6) is -2.23. The number of rotatable bonds is 6. The minimum absolute atomic E-state index is 0.0383. The van der Waals surface area contributed by atoms with E-state index < -0.39 is 28.8 Å². The van der Waals surface area contributed by atoms with E-state index in [1.54, 1.807) is 0 Å². The second-order valence-corrected chi connectivity index (χ2v) is 7.60. The number of nitrogens with zero attached hydrogens (tertiary/aromatic N) is 1. The standard InChI is InChI=1S/C18H21ClFN3O4/c1-11(24)22-10-17(2-3-17)23-5-4-18(27,16(23)26)15(25)21-9-12-6-13(19)8-14(20)7-12/h6-8,27H,2-5,9-10H2,1H3,(H,21,25)(H,22,24). The third kappa shape index (κ3) is 3.91. The van der Waals surface area contributed by atoms with Gasteiger partial charge in [-0.3, -0.25) is 14.4 Å². The number of carbonyl (C=O) groups excluding carboxylic acids is 3. The van der Waals surface area contributed by atoms with Gasteiger partial charge >= 0.3 is 0 Å². The van der Waals surface area contributed by atoms with Gasteiger partial charge in [0.05, 0.1) is 5.54 Å². The largest absolute Gasteiger partial charge is 0.372 e. The summed E-state index contributed by atoms with van der Waals surface area (Å²) >= 11 is 5.78. The summed E-state index contributed by atoms with van der Waals surface area (Å²) in [5, 5.41) is 16.0. The number of amides is 3. The van der Waals surface area contributed by atoms with Crippen LogP contribution >= 0.6 is 11.6 Å². The van der Waals surface area contributed by atoms with E-state index in [9.17, 15) is 23.9 Å². The third-order valence-corrected chi connectivity index (χ3v) is 5.33. The van der Waals surface area contributed by atoms with Gasteiger partial charge in [0.15, 0.2) is 0 Å². The van der Waals surface area contributed by atoms with Gasteiger partial charge in [0.2, 0.25) is 11.5 Å². The van der Waals surface area contributed by atoms with Crippen LogP contribution in [-0.2, 0) is 20.9 Å². The van der Waals surface area contributed by atoms with E-state index in [-0.39, 0.29) is 30.4 Å². The highest BCUT2D eigenvalue weighted by Gasteiger charge is 2.60. The van der Waals surface area contributed by atoms with Crippen molar-refractivity contribution >= 4 is 29.3 Å². The van der Waals surface area contributed by atoms with Crippen molar-refractivity contribution in [2.45, 2.75) is 43.9 Å². The predicted octanol–water partition coefficient (Wildman–Crippen LogP) is 0.727. The van der Waals surface area contributed by atoms with E-state index in [4.69, 9.17) is 11.6 Å². The summed E-state index contributed by atoms with van der Waals surface area (Å²) < 4.78 is 13.4.